The second-order valence-corrected chi connectivity index (χ2v) is 3.48. The Bertz CT molecular complexity index is 258. The molecule has 0 aliphatic carbocycles. The van der Waals surface area contributed by atoms with Crippen molar-refractivity contribution in [2.24, 2.45) is 0 Å². The molecule has 13 heteroatoms. The second-order valence-electron chi connectivity index (χ2n) is 2.47. The van der Waals surface area contributed by atoms with Gasteiger partial charge >= 0.3 is 28.4 Å². The molecule has 0 saturated heterocycles. The molecule has 0 fully saturated rings. The molecule has 0 heterocycles. The third kappa shape index (κ3) is 60.3. The van der Waals surface area contributed by atoms with Gasteiger partial charge in [0.2, 0.25) is 0 Å². The van der Waals surface area contributed by atoms with E-state index in [4.69, 9.17) is 38.9 Å². The molecule has 11 nitrogen and oxygen atoms in total. The first-order valence-corrected chi connectivity index (χ1v) is 6.14. The molecule has 0 unspecified atom stereocenters. The summed E-state index contributed by atoms with van der Waals surface area (Å²) in [5.41, 5.74) is 0. The zero-order valence-electron chi connectivity index (χ0n) is 9.07. The highest BCUT2D eigenvalue weighted by Crippen LogP contribution is 1.98. The van der Waals surface area contributed by atoms with E-state index in [-0.39, 0.29) is 13.1 Å². The van der Waals surface area contributed by atoms with Crippen LogP contribution < -0.4 is 0 Å². The van der Waals surface area contributed by atoms with Crippen LogP contribution in [0.4, 0.5) is 0 Å². The molecule has 0 saturated carbocycles. The first-order valence-electron chi connectivity index (χ1n) is 3.81. The first-order chi connectivity index (χ1) is 7.98. The van der Waals surface area contributed by atoms with E-state index in [1.807, 2.05) is 0 Å². The second kappa shape index (κ2) is 14.0. The standard InChI is InChI=1S/C5H9NO4.2HO3P/c1-6(2-4(7)8)3-5(9)10;2*1-4(2)3/h2-3H2,1H3,(H,7,8)(H,9,10);2*(H-,1,2,3)/p+2. The van der Waals surface area contributed by atoms with Crippen molar-refractivity contribution in [1.29, 1.82) is 0 Å². The molecule has 0 aromatic heterocycles. The summed E-state index contributed by atoms with van der Waals surface area (Å²) in [6.45, 7) is -0.488. The van der Waals surface area contributed by atoms with Crippen molar-refractivity contribution < 1.29 is 48.5 Å². The third-order valence-electron chi connectivity index (χ3n) is 0.810. The molecule has 18 heavy (non-hydrogen) atoms. The maximum atomic E-state index is 9.96. The van der Waals surface area contributed by atoms with Crippen molar-refractivity contribution in [2.45, 2.75) is 0 Å². The molecular weight excluding hydrogens is 296 g/mol. The molecule has 0 bridgehead atoms. The van der Waals surface area contributed by atoms with Crippen molar-refractivity contribution in [3.05, 3.63) is 0 Å². The van der Waals surface area contributed by atoms with Gasteiger partial charge in [-0.15, -0.1) is 19.6 Å². The lowest BCUT2D eigenvalue weighted by molar-refractivity contribution is -0.141. The van der Waals surface area contributed by atoms with Gasteiger partial charge in [-0.1, -0.05) is 0 Å². The van der Waals surface area contributed by atoms with E-state index in [0.717, 1.165) is 0 Å². The topological polar surface area (TPSA) is 193 Å². The summed E-state index contributed by atoms with van der Waals surface area (Å²) in [5, 5.41) is 16.3. The lowest BCUT2D eigenvalue weighted by atomic mass is 10.5. The van der Waals surface area contributed by atoms with Crippen LogP contribution in [0.5, 0.6) is 0 Å². The van der Waals surface area contributed by atoms with Gasteiger partial charge in [0, 0.05) is 9.13 Å². The van der Waals surface area contributed by atoms with Crippen LogP contribution in [0.2, 0.25) is 0 Å². The van der Waals surface area contributed by atoms with Crippen LogP contribution in [0.1, 0.15) is 0 Å². The Morgan fingerprint density at radius 2 is 1.06 bits per heavy atom. The fourth-order valence-electron chi connectivity index (χ4n) is 0.518. The number of hydrogen-bond donors (Lipinski definition) is 6. The van der Waals surface area contributed by atoms with Crippen LogP contribution in [0.3, 0.4) is 0 Å². The lowest BCUT2D eigenvalue weighted by Gasteiger charge is -2.08. The molecule has 0 aliphatic heterocycles. The summed E-state index contributed by atoms with van der Waals surface area (Å²) in [6, 6.07) is 0. The normalized spacial score (nSPS) is 8.33. The average molecular weight is 309 g/mol. The average Bonchev–Trinajstić information content (AvgIpc) is 1.96. The highest BCUT2D eigenvalue weighted by Gasteiger charge is 2.06. The number of rotatable bonds is 4. The molecule has 106 valence electrons. The van der Waals surface area contributed by atoms with E-state index in [0.29, 0.717) is 0 Å². The highest BCUT2D eigenvalue weighted by molar-refractivity contribution is 7.31. The number of carboxylic acids is 2. The number of carboxylic acid groups (broad SMARTS) is 2. The van der Waals surface area contributed by atoms with Gasteiger partial charge in [-0.05, 0) is 7.05 Å². The molecule has 0 rings (SSSR count). The van der Waals surface area contributed by atoms with Gasteiger partial charge in [-0.2, -0.15) is 0 Å². The van der Waals surface area contributed by atoms with Crippen LogP contribution in [0.15, 0.2) is 0 Å². The van der Waals surface area contributed by atoms with Crippen molar-refractivity contribution in [3.63, 3.8) is 0 Å². The van der Waals surface area contributed by atoms with Gasteiger partial charge in [0.15, 0.2) is 0 Å². The van der Waals surface area contributed by atoms with Crippen LogP contribution in [0, 0.1) is 0 Å². The van der Waals surface area contributed by atoms with Crippen LogP contribution in [-0.2, 0) is 18.7 Å². The van der Waals surface area contributed by atoms with Crippen molar-refractivity contribution in [3.8, 4) is 0 Å². The Labute approximate surface area is 103 Å². The molecule has 6 N–H and O–H groups in total. The number of hydrogen-bond acceptors (Lipinski definition) is 5. The van der Waals surface area contributed by atoms with Gasteiger partial charge in [-0.25, -0.2) is 0 Å². The molecule has 0 aromatic rings. The fourth-order valence-corrected chi connectivity index (χ4v) is 0.518. The van der Waals surface area contributed by atoms with Gasteiger partial charge in [0.25, 0.3) is 0 Å². The predicted molar refractivity (Wildman–Crippen MR) is 56.9 cm³/mol. The minimum atomic E-state index is -2.87. The summed E-state index contributed by atoms with van der Waals surface area (Å²) in [5.74, 6) is -2.05. The Morgan fingerprint density at radius 3 is 1.17 bits per heavy atom. The van der Waals surface area contributed by atoms with E-state index in [1.54, 1.807) is 0 Å². The van der Waals surface area contributed by atoms with Crippen molar-refractivity contribution in [2.75, 3.05) is 20.1 Å². The first kappa shape index (κ1) is 22.1. The van der Waals surface area contributed by atoms with E-state index >= 15 is 0 Å². The molecule has 0 atom stereocenters. The highest BCUT2D eigenvalue weighted by atomic mass is 31.1. The Balaban J connectivity index is -0.000000233. The largest absolute Gasteiger partial charge is 0.692 e. The van der Waals surface area contributed by atoms with Crippen LogP contribution >= 0.6 is 16.5 Å². The van der Waals surface area contributed by atoms with Crippen LogP contribution in [-0.4, -0.2) is 66.8 Å². The summed E-state index contributed by atoms with van der Waals surface area (Å²) >= 11 is 0. The Hall–Kier alpha value is -1.06. The van der Waals surface area contributed by atoms with E-state index in [1.165, 1.54) is 11.9 Å². The van der Waals surface area contributed by atoms with E-state index in [2.05, 4.69) is 0 Å². The van der Waals surface area contributed by atoms with Gasteiger partial charge < -0.3 is 10.2 Å². The molecular formula is C5H13NO10P2+2. The predicted octanol–water partition coefficient (Wildman–Crippen LogP) is -1.66. The summed E-state index contributed by atoms with van der Waals surface area (Å²) in [6.07, 6.45) is 0. The fraction of sp³-hybridized carbons (Fsp3) is 0.600. The smallest absolute Gasteiger partial charge is 0.480 e. The zero-order valence-corrected chi connectivity index (χ0v) is 10.9. The minimum Gasteiger partial charge on any atom is -0.480 e. The maximum Gasteiger partial charge on any atom is 0.692 e. The number of aliphatic carboxylic acids is 2. The summed E-state index contributed by atoms with van der Waals surface area (Å²) < 4.78 is 17.4. The monoisotopic (exact) mass is 309 g/mol. The Morgan fingerprint density at radius 1 is 0.889 bits per heavy atom. The van der Waals surface area contributed by atoms with Crippen LogP contribution in [0.25, 0.3) is 0 Å². The number of likely N-dealkylation sites (N-methyl/N-ethyl adjacent to an activating group) is 1. The minimum absolute atomic E-state index is 0.244. The third-order valence-corrected chi connectivity index (χ3v) is 0.810. The Kier molecular flexibility index (Phi) is 17.2. The SMILES string of the molecule is CN(CC(=O)O)CC(=O)O.O=[P+](O)O.O=[P+](O)O. The number of carbonyl (C=O) groups is 2. The molecule has 0 spiro atoms. The van der Waals surface area contributed by atoms with Crippen molar-refractivity contribution in [1.82, 2.24) is 4.90 Å². The number of nitrogens with zero attached hydrogens (tertiary/aromatic N) is 1. The van der Waals surface area contributed by atoms with E-state index < -0.39 is 28.4 Å². The molecule has 0 aliphatic rings. The quantitative estimate of drug-likeness (QED) is 0.325. The summed E-state index contributed by atoms with van der Waals surface area (Å²) in [4.78, 5) is 49.6. The van der Waals surface area contributed by atoms with Gasteiger partial charge in [0.1, 0.15) is 0 Å². The summed E-state index contributed by atoms with van der Waals surface area (Å²) in [7, 11) is -4.31. The zero-order chi connectivity index (χ0) is 15.3. The molecule has 0 aromatic carbocycles. The van der Waals surface area contributed by atoms with Gasteiger partial charge in [-0.3, -0.25) is 14.5 Å². The lowest BCUT2D eigenvalue weighted by Crippen LogP contribution is -2.30. The maximum absolute atomic E-state index is 9.96. The van der Waals surface area contributed by atoms with Gasteiger partial charge in [0.05, 0.1) is 13.1 Å². The van der Waals surface area contributed by atoms with Crippen molar-refractivity contribution >= 4 is 28.4 Å². The molecule has 0 radical (unpaired) electrons. The molecule has 0 amide bonds. The van der Waals surface area contributed by atoms with E-state index in [9.17, 15) is 9.59 Å².